The third kappa shape index (κ3) is 4.65. The molecular formula is C25H26O2. The monoisotopic (exact) mass is 358 g/mol. The van der Waals surface area contributed by atoms with Crippen LogP contribution in [0.2, 0.25) is 0 Å². The quantitative estimate of drug-likeness (QED) is 0.464. The maximum Gasteiger partial charge on any atom is 0.303 e. The van der Waals surface area contributed by atoms with Crippen LogP contribution in [-0.4, -0.2) is 5.97 Å². The van der Waals surface area contributed by atoms with Crippen LogP contribution in [0.15, 0.2) is 72.8 Å². The molecule has 3 rings (SSSR count). The predicted molar refractivity (Wildman–Crippen MR) is 111 cm³/mol. The van der Waals surface area contributed by atoms with Gasteiger partial charge in [-0.05, 0) is 46.7 Å². The van der Waals surface area contributed by atoms with Gasteiger partial charge in [0, 0.05) is 6.92 Å². The van der Waals surface area contributed by atoms with E-state index in [0.29, 0.717) is 0 Å². The van der Waals surface area contributed by atoms with Gasteiger partial charge in [-0.25, -0.2) is 0 Å². The summed E-state index contributed by atoms with van der Waals surface area (Å²) in [5.74, 6) is -0.261. The van der Waals surface area contributed by atoms with E-state index in [9.17, 15) is 4.79 Å². The Morgan fingerprint density at radius 3 is 1.85 bits per heavy atom. The van der Waals surface area contributed by atoms with Crippen molar-refractivity contribution in [3.8, 4) is 22.3 Å². The number of ether oxygens (including phenoxy) is 1. The summed E-state index contributed by atoms with van der Waals surface area (Å²) in [7, 11) is 0. The SMILES string of the molecule is CCCc1ccc(-c2ccccc2-c2ccc(C(C)OC(C)=O)cc2)cc1. The van der Waals surface area contributed by atoms with Crippen LogP contribution in [-0.2, 0) is 16.0 Å². The lowest BCUT2D eigenvalue weighted by molar-refractivity contribution is -0.145. The Kier molecular flexibility index (Phi) is 6.08. The van der Waals surface area contributed by atoms with Crippen molar-refractivity contribution in [1.29, 1.82) is 0 Å². The van der Waals surface area contributed by atoms with Crippen molar-refractivity contribution in [2.75, 3.05) is 0 Å². The van der Waals surface area contributed by atoms with Crippen molar-refractivity contribution in [3.63, 3.8) is 0 Å². The molecule has 3 aromatic rings. The largest absolute Gasteiger partial charge is 0.458 e. The van der Waals surface area contributed by atoms with Crippen LogP contribution in [0, 0.1) is 0 Å². The third-order valence-corrected chi connectivity index (χ3v) is 4.76. The van der Waals surface area contributed by atoms with Gasteiger partial charge >= 0.3 is 5.97 Å². The maximum atomic E-state index is 11.2. The highest BCUT2D eigenvalue weighted by atomic mass is 16.5. The molecule has 3 aromatic carbocycles. The van der Waals surface area contributed by atoms with Crippen LogP contribution in [0.25, 0.3) is 22.3 Å². The second kappa shape index (κ2) is 8.68. The Bertz CT molecular complexity index is 892. The number of hydrogen-bond acceptors (Lipinski definition) is 2. The summed E-state index contributed by atoms with van der Waals surface area (Å²) < 4.78 is 5.27. The minimum absolute atomic E-state index is 0.238. The van der Waals surface area contributed by atoms with E-state index in [0.717, 1.165) is 24.0 Å². The highest BCUT2D eigenvalue weighted by Crippen LogP contribution is 2.33. The molecule has 0 aliphatic heterocycles. The predicted octanol–water partition coefficient (Wildman–Crippen LogP) is 6.60. The van der Waals surface area contributed by atoms with Gasteiger partial charge in [-0.3, -0.25) is 4.79 Å². The molecule has 0 fully saturated rings. The molecule has 0 spiro atoms. The van der Waals surface area contributed by atoms with Crippen LogP contribution >= 0.6 is 0 Å². The van der Waals surface area contributed by atoms with E-state index < -0.39 is 0 Å². The fourth-order valence-corrected chi connectivity index (χ4v) is 3.38. The van der Waals surface area contributed by atoms with E-state index in [2.05, 4.69) is 67.6 Å². The lowest BCUT2D eigenvalue weighted by Crippen LogP contribution is -2.04. The smallest absolute Gasteiger partial charge is 0.303 e. The molecule has 1 atom stereocenters. The Balaban J connectivity index is 1.90. The lowest BCUT2D eigenvalue weighted by Gasteiger charge is -2.14. The van der Waals surface area contributed by atoms with Crippen molar-refractivity contribution in [1.82, 2.24) is 0 Å². The molecule has 0 radical (unpaired) electrons. The summed E-state index contributed by atoms with van der Waals surface area (Å²) >= 11 is 0. The summed E-state index contributed by atoms with van der Waals surface area (Å²) in [4.78, 5) is 11.2. The average molecular weight is 358 g/mol. The molecule has 0 aliphatic rings. The van der Waals surface area contributed by atoms with E-state index >= 15 is 0 Å². The van der Waals surface area contributed by atoms with Gasteiger partial charge in [-0.2, -0.15) is 0 Å². The van der Waals surface area contributed by atoms with Gasteiger partial charge in [0.2, 0.25) is 0 Å². The van der Waals surface area contributed by atoms with Gasteiger partial charge < -0.3 is 4.74 Å². The molecule has 138 valence electrons. The van der Waals surface area contributed by atoms with Crippen molar-refractivity contribution in [2.24, 2.45) is 0 Å². The first kappa shape index (κ1) is 18.9. The van der Waals surface area contributed by atoms with Crippen LogP contribution in [0.4, 0.5) is 0 Å². The van der Waals surface area contributed by atoms with Crippen molar-refractivity contribution >= 4 is 5.97 Å². The van der Waals surface area contributed by atoms with E-state index in [1.165, 1.54) is 29.2 Å². The van der Waals surface area contributed by atoms with Crippen molar-refractivity contribution in [3.05, 3.63) is 83.9 Å². The molecule has 1 unspecified atom stereocenters. The molecule has 0 aliphatic carbocycles. The number of esters is 1. The molecule has 0 N–H and O–H groups in total. The highest BCUT2D eigenvalue weighted by molar-refractivity contribution is 5.83. The van der Waals surface area contributed by atoms with E-state index in [1.54, 1.807) is 0 Å². The van der Waals surface area contributed by atoms with Crippen molar-refractivity contribution in [2.45, 2.75) is 39.7 Å². The molecule has 0 saturated heterocycles. The zero-order valence-corrected chi connectivity index (χ0v) is 16.2. The maximum absolute atomic E-state index is 11.2. The van der Waals surface area contributed by atoms with Gasteiger partial charge in [0.15, 0.2) is 0 Å². The van der Waals surface area contributed by atoms with Crippen LogP contribution < -0.4 is 0 Å². The number of aryl methyl sites for hydroxylation is 1. The highest BCUT2D eigenvalue weighted by Gasteiger charge is 2.11. The van der Waals surface area contributed by atoms with Gasteiger partial charge in [-0.15, -0.1) is 0 Å². The number of benzene rings is 3. The van der Waals surface area contributed by atoms with Gasteiger partial charge in [-0.1, -0.05) is 86.1 Å². The molecule has 0 saturated carbocycles. The van der Waals surface area contributed by atoms with Crippen LogP contribution in [0.1, 0.15) is 44.4 Å². The Labute approximate surface area is 161 Å². The van der Waals surface area contributed by atoms with Gasteiger partial charge in [0.1, 0.15) is 6.10 Å². The summed E-state index contributed by atoms with van der Waals surface area (Å²) in [6, 6.07) is 25.6. The van der Waals surface area contributed by atoms with Crippen LogP contribution in [0.3, 0.4) is 0 Å². The number of rotatable bonds is 6. The first-order valence-corrected chi connectivity index (χ1v) is 9.54. The number of carbonyl (C=O) groups excluding carboxylic acids is 1. The molecule has 0 amide bonds. The molecule has 0 heterocycles. The Hall–Kier alpha value is -2.87. The molecular weight excluding hydrogens is 332 g/mol. The first-order chi connectivity index (χ1) is 13.1. The van der Waals surface area contributed by atoms with Gasteiger partial charge in [0.25, 0.3) is 0 Å². The van der Waals surface area contributed by atoms with Crippen LogP contribution in [0.5, 0.6) is 0 Å². The number of carbonyl (C=O) groups is 1. The molecule has 0 bridgehead atoms. The second-order valence-corrected chi connectivity index (χ2v) is 6.87. The summed E-state index contributed by atoms with van der Waals surface area (Å²) in [6.07, 6.45) is 2.04. The normalized spacial score (nSPS) is 11.8. The topological polar surface area (TPSA) is 26.3 Å². The van der Waals surface area contributed by atoms with E-state index in [1.807, 2.05) is 19.1 Å². The molecule has 2 heteroatoms. The minimum atomic E-state index is -0.261. The molecule has 27 heavy (non-hydrogen) atoms. The van der Waals surface area contributed by atoms with Crippen molar-refractivity contribution < 1.29 is 9.53 Å². The third-order valence-electron chi connectivity index (χ3n) is 4.76. The fraction of sp³-hybridized carbons (Fsp3) is 0.240. The summed E-state index contributed by atoms with van der Waals surface area (Å²) in [6.45, 7) is 5.53. The van der Waals surface area contributed by atoms with E-state index in [4.69, 9.17) is 4.74 Å². The first-order valence-electron chi connectivity index (χ1n) is 9.54. The number of hydrogen-bond donors (Lipinski definition) is 0. The molecule has 2 nitrogen and oxygen atoms in total. The standard InChI is InChI=1S/C25H26O2/c1-4-7-20-10-12-22(13-11-20)24-8-5-6-9-25(24)23-16-14-21(15-17-23)18(2)27-19(3)26/h5-6,8-18H,4,7H2,1-3H3. The average Bonchev–Trinajstić information content (AvgIpc) is 2.68. The van der Waals surface area contributed by atoms with Gasteiger partial charge in [0.05, 0.1) is 0 Å². The zero-order valence-electron chi connectivity index (χ0n) is 16.2. The van der Waals surface area contributed by atoms with E-state index in [-0.39, 0.29) is 12.1 Å². The molecule has 0 aromatic heterocycles. The second-order valence-electron chi connectivity index (χ2n) is 6.87. The minimum Gasteiger partial charge on any atom is -0.458 e. The summed E-state index contributed by atoms with van der Waals surface area (Å²) in [5.41, 5.74) is 7.18. The summed E-state index contributed by atoms with van der Waals surface area (Å²) in [5, 5.41) is 0. The fourth-order valence-electron chi connectivity index (χ4n) is 3.38. The Morgan fingerprint density at radius 1 is 0.852 bits per heavy atom. The Morgan fingerprint density at radius 2 is 1.37 bits per heavy atom. The zero-order chi connectivity index (χ0) is 19.2. The lowest BCUT2D eigenvalue weighted by atomic mass is 9.93.